The van der Waals surface area contributed by atoms with E-state index in [4.69, 9.17) is 0 Å². The SMILES string of the molecule is O=C(Cc1ccccc1O)N[C@H](c1ccccc1)c1ccccn1. The number of para-hydroxylation sites is 1. The van der Waals surface area contributed by atoms with Gasteiger partial charge in [0.05, 0.1) is 18.2 Å². The fraction of sp³-hybridized carbons (Fsp3) is 0.100. The smallest absolute Gasteiger partial charge is 0.225 e. The molecule has 3 rings (SSSR count). The molecule has 0 aliphatic rings. The largest absolute Gasteiger partial charge is 0.508 e. The zero-order chi connectivity index (χ0) is 16.8. The lowest BCUT2D eigenvalue weighted by atomic mass is 10.0. The predicted molar refractivity (Wildman–Crippen MR) is 92.5 cm³/mol. The Kier molecular flexibility index (Phi) is 4.87. The molecule has 4 heteroatoms. The van der Waals surface area contributed by atoms with Crippen LogP contribution in [0.3, 0.4) is 0 Å². The maximum Gasteiger partial charge on any atom is 0.225 e. The van der Waals surface area contributed by atoms with E-state index in [0.717, 1.165) is 11.3 Å². The number of amides is 1. The fourth-order valence-corrected chi connectivity index (χ4v) is 2.57. The minimum absolute atomic E-state index is 0.114. The predicted octanol–water partition coefficient (Wildman–Crippen LogP) is 3.24. The van der Waals surface area contributed by atoms with Crippen LogP contribution < -0.4 is 5.32 Å². The van der Waals surface area contributed by atoms with E-state index in [9.17, 15) is 9.90 Å². The maximum atomic E-state index is 12.5. The van der Waals surface area contributed by atoms with Gasteiger partial charge in [0.15, 0.2) is 0 Å². The van der Waals surface area contributed by atoms with Gasteiger partial charge in [0.1, 0.15) is 5.75 Å². The summed E-state index contributed by atoms with van der Waals surface area (Å²) in [7, 11) is 0. The van der Waals surface area contributed by atoms with Gasteiger partial charge in [-0.25, -0.2) is 0 Å². The van der Waals surface area contributed by atoms with E-state index in [-0.39, 0.29) is 24.1 Å². The molecule has 0 saturated heterocycles. The zero-order valence-corrected chi connectivity index (χ0v) is 13.1. The number of hydrogen-bond donors (Lipinski definition) is 2. The van der Waals surface area contributed by atoms with E-state index in [2.05, 4.69) is 10.3 Å². The monoisotopic (exact) mass is 318 g/mol. The van der Waals surface area contributed by atoms with Crippen LogP contribution in [0, 0.1) is 0 Å². The van der Waals surface area contributed by atoms with Gasteiger partial charge in [-0.15, -0.1) is 0 Å². The third kappa shape index (κ3) is 3.79. The minimum Gasteiger partial charge on any atom is -0.508 e. The molecular formula is C20H18N2O2. The summed E-state index contributed by atoms with van der Waals surface area (Å²) >= 11 is 0. The number of aromatic nitrogens is 1. The summed E-state index contributed by atoms with van der Waals surface area (Å²) in [5, 5.41) is 12.8. The Labute approximate surface area is 140 Å². The second kappa shape index (κ2) is 7.42. The van der Waals surface area contributed by atoms with Crippen LogP contribution in [-0.2, 0) is 11.2 Å². The molecule has 0 radical (unpaired) electrons. The van der Waals surface area contributed by atoms with E-state index >= 15 is 0 Å². The lowest BCUT2D eigenvalue weighted by Crippen LogP contribution is -2.31. The molecule has 4 nitrogen and oxygen atoms in total. The van der Waals surface area contributed by atoms with Crippen molar-refractivity contribution >= 4 is 5.91 Å². The molecule has 120 valence electrons. The highest BCUT2D eigenvalue weighted by atomic mass is 16.3. The maximum absolute atomic E-state index is 12.5. The Balaban J connectivity index is 1.82. The summed E-state index contributed by atoms with van der Waals surface area (Å²) in [6.45, 7) is 0. The molecule has 2 aromatic carbocycles. The molecular weight excluding hydrogens is 300 g/mol. The Morgan fingerprint density at radius 1 is 0.958 bits per heavy atom. The Morgan fingerprint density at radius 3 is 2.38 bits per heavy atom. The molecule has 3 aromatic rings. The quantitative estimate of drug-likeness (QED) is 0.759. The average molecular weight is 318 g/mol. The van der Waals surface area contributed by atoms with Crippen molar-refractivity contribution in [3.05, 3.63) is 95.8 Å². The minimum atomic E-state index is -0.328. The molecule has 0 bridgehead atoms. The Bertz CT molecular complexity index is 765. The number of carbonyl (C=O) groups is 1. The molecule has 0 saturated carbocycles. The number of phenolic OH excluding ortho intramolecular Hbond substituents is 1. The molecule has 1 amide bonds. The normalized spacial score (nSPS) is 11.7. The van der Waals surface area contributed by atoms with Crippen molar-refractivity contribution < 1.29 is 9.90 Å². The first kappa shape index (κ1) is 15.7. The fourth-order valence-electron chi connectivity index (χ4n) is 2.57. The molecule has 0 unspecified atom stereocenters. The van der Waals surface area contributed by atoms with Gasteiger partial charge in [-0.2, -0.15) is 0 Å². The molecule has 0 aliphatic carbocycles. The van der Waals surface area contributed by atoms with Crippen molar-refractivity contribution in [1.82, 2.24) is 10.3 Å². The number of rotatable bonds is 5. The highest BCUT2D eigenvalue weighted by molar-refractivity contribution is 5.80. The molecule has 0 spiro atoms. The van der Waals surface area contributed by atoms with Gasteiger partial charge in [-0.3, -0.25) is 9.78 Å². The topological polar surface area (TPSA) is 62.2 Å². The first-order valence-electron chi connectivity index (χ1n) is 7.76. The molecule has 0 aliphatic heterocycles. The van der Waals surface area contributed by atoms with E-state index in [1.807, 2.05) is 48.5 Å². The first-order valence-corrected chi connectivity index (χ1v) is 7.76. The lowest BCUT2D eigenvalue weighted by molar-refractivity contribution is -0.121. The van der Waals surface area contributed by atoms with Crippen LogP contribution in [0.15, 0.2) is 79.0 Å². The van der Waals surface area contributed by atoms with Crippen LogP contribution in [0.5, 0.6) is 5.75 Å². The number of hydrogen-bond acceptors (Lipinski definition) is 3. The summed E-state index contributed by atoms with van der Waals surface area (Å²) in [4.78, 5) is 16.8. The van der Waals surface area contributed by atoms with E-state index in [1.165, 1.54) is 0 Å². The molecule has 1 aromatic heterocycles. The molecule has 24 heavy (non-hydrogen) atoms. The summed E-state index contributed by atoms with van der Waals surface area (Å²) in [6, 6.07) is 21.9. The van der Waals surface area contributed by atoms with Crippen molar-refractivity contribution in [2.24, 2.45) is 0 Å². The second-order valence-corrected chi connectivity index (χ2v) is 5.47. The number of nitrogens with zero attached hydrogens (tertiary/aromatic N) is 1. The number of nitrogens with one attached hydrogen (secondary N) is 1. The van der Waals surface area contributed by atoms with Crippen LogP contribution in [0.2, 0.25) is 0 Å². The molecule has 2 N–H and O–H groups in total. The Morgan fingerprint density at radius 2 is 1.67 bits per heavy atom. The van der Waals surface area contributed by atoms with Crippen LogP contribution in [0.25, 0.3) is 0 Å². The highest BCUT2D eigenvalue weighted by Gasteiger charge is 2.18. The van der Waals surface area contributed by atoms with Gasteiger partial charge in [0.2, 0.25) is 5.91 Å². The standard InChI is InChI=1S/C20H18N2O2/c23-18-12-5-4-10-16(18)14-19(24)22-20(15-8-2-1-3-9-15)17-11-6-7-13-21-17/h1-13,20,23H,14H2,(H,22,24)/t20-/m1/s1. The van der Waals surface area contributed by atoms with E-state index in [1.54, 1.807) is 30.5 Å². The Hall–Kier alpha value is -3.14. The number of benzene rings is 2. The van der Waals surface area contributed by atoms with Gasteiger partial charge < -0.3 is 10.4 Å². The number of phenols is 1. The summed E-state index contributed by atoms with van der Waals surface area (Å²) in [5.41, 5.74) is 2.33. The van der Waals surface area contributed by atoms with Crippen LogP contribution in [0.4, 0.5) is 0 Å². The number of pyridine rings is 1. The molecule has 1 heterocycles. The highest BCUT2D eigenvalue weighted by Crippen LogP contribution is 2.21. The third-order valence-corrected chi connectivity index (χ3v) is 3.76. The van der Waals surface area contributed by atoms with Gasteiger partial charge in [-0.05, 0) is 23.8 Å². The van der Waals surface area contributed by atoms with Crippen molar-refractivity contribution in [2.45, 2.75) is 12.5 Å². The van der Waals surface area contributed by atoms with Crippen molar-refractivity contribution in [3.63, 3.8) is 0 Å². The van der Waals surface area contributed by atoms with Gasteiger partial charge >= 0.3 is 0 Å². The van der Waals surface area contributed by atoms with Gasteiger partial charge in [0.25, 0.3) is 0 Å². The first-order chi connectivity index (χ1) is 11.7. The molecule has 0 fully saturated rings. The van der Waals surface area contributed by atoms with Crippen LogP contribution in [-0.4, -0.2) is 16.0 Å². The zero-order valence-electron chi connectivity index (χ0n) is 13.1. The van der Waals surface area contributed by atoms with Gasteiger partial charge in [-0.1, -0.05) is 54.6 Å². The summed E-state index contributed by atoms with van der Waals surface area (Å²) in [5.74, 6) is -0.0437. The summed E-state index contributed by atoms with van der Waals surface area (Å²) < 4.78 is 0. The van der Waals surface area contributed by atoms with Crippen molar-refractivity contribution in [3.8, 4) is 5.75 Å². The van der Waals surface area contributed by atoms with Crippen LogP contribution in [0.1, 0.15) is 22.9 Å². The average Bonchev–Trinajstić information content (AvgIpc) is 2.63. The third-order valence-electron chi connectivity index (χ3n) is 3.76. The van der Waals surface area contributed by atoms with Crippen molar-refractivity contribution in [1.29, 1.82) is 0 Å². The number of aromatic hydroxyl groups is 1. The van der Waals surface area contributed by atoms with Gasteiger partial charge in [0, 0.05) is 11.8 Å². The summed E-state index contributed by atoms with van der Waals surface area (Å²) in [6.07, 6.45) is 1.82. The van der Waals surface area contributed by atoms with Crippen LogP contribution >= 0.6 is 0 Å². The van der Waals surface area contributed by atoms with E-state index < -0.39 is 0 Å². The van der Waals surface area contributed by atoms with Crippen molar-refractivity contribution in [2.75, 3.05) is 0 Å². The molecule has 1 atom stereocenters. The second-order valence-electron chi connectivity index (χ2n) is 5.47. The lowest BCUT2D eigenvalue weighted by Gasteiger charge is -2.19. The van der Waals surface area contributed by atoms with E-state index in [0.29, 0.717) is 5.56 Å². The number of carbonyl (C=O) groups excluding carboxylic acids is 1.